The van der Waals surface area contributed by atoms with Crippen LogP contribution in [0.15, 0.2) is 77.8 Å². The van der Waals surface area contributed by atoms with Gasteiger partial charge in [-0.15, -0.1) is 0 Å². The molecule has 10 heteroatoms. The molecule has 0 radical (unpaired) electrons. The molecule has 3 saturated carbocycles. The van der Waals surface area contributed by atoms with Crippen LogP contribution in [0.1, 0.15) is 35.3 Å². The van der Waals surface area contributed by atoms with Gasteiger partial charge in [-0.25, -0.2) is 22.5 Å². The van der Waals surface area contributed by atoms with E-state index in [1.165, 1.54) is 30.3 Å². The normalized spacial score (nSPS) is 21.0. The number of hydrogen-bond donors (Lipinski definition) is 3. The predicted molar refractivity (Wildman–Crippen MR) is 131 cm³/mol. The maximum absolute atomic E-state index is 13.2. The Balaban J connectivity index is 1.28. The zero-order valence-electron chi connectivity index (χ0n) is 19.3. The van der Waals surface area contributed by atoms with E-state index in [9.17, 15) is 22.4 Å². The lowest BCUT2D eigenvalue weighted by Crippen LogP contribution is -2.67. The molecule has 3 fully saturated rings. The summed E-state index contributed by atoms with van der Waals surface area (Å²) >= 11 is 0. The Hall–Kier alpha value is -3.63. The fourth-order valence-corrected chi connectivity index (χ4v) is 6.13. The minimum atomic E-state index is -3.65. The predicted octanol–water partition coefficient (Wildman–Crippen LogP) is 3.03. The van der Waals surface area contributed by atoms with E-state index >= 15 is 0 Å². The first-order chi connectivity index (χ1) is 17.2. The third kappa shape index (κ3) is 5.14. The van der Waals surface area contributed by atoms with Crippen molar-refractivity contribution in [1.29, 1.82) is 0 Å². The van der Waals surface area contributed by atoms with E-state index in [0.717, 1.165) is 37.1 Å². The van der Waals surface area contributed by atoms with Gasteiger partial charge in [0, 0.05) is 17.6 Å². The van der Waals surface area contributed by atoms with Crippen LogP contribution in [-0.2, 0) is 21.2 Å². The average Bonchev–Trinajstić information content (AvgIpc) is 2.82. The Bertz CT molecular complexity index is 1360. The molecule has 2 bridgehead atoms. The summed E-state index contributed by atoms with van der Waals surface area (Å²) in [7, 11) is -3.65. The lowest BCUT2D eigenvalue weighted by molar-refractivity contribution is -0.118. The third-order valence-electron chi connectivity index (χ3n) is 6.69. The Kier molecular flexibility index (Phi) is 6.31. The summed E-state index contributed by atoms with van der Waals surface area (Å²) in [5.41, 5.74) is 0.911. The van der Waals surface area contributed by atoms with Crippen LogP contribution >= 0.6 is 0 Å². The summed E-state index contributed by atoms with van der Waals surface area (Å²) in [5.74, 6) is -1.03. The van der Waals surface area contributed by atoms with Gasteiger partial charge in [-0.2, -0.15) is 0 Å². The van der Waals surface area contributed by atoms with Gasteiger partial charge in [0.1, 0.15) is 17.6 Å². The first-order valence-corrected chi connectivity index (χ1v) is 13.1. The average molecular weight is 509 g/mol. The Morgan fingerprint density at radius 3 is 2.28 bits per heavy atom. The first-order valence-electron chi connectivity index (χ1n) is 11.6. The molecule has 3 N–H and O–H groups in total. The van der Waals surface area contributed by atoms with Crippen molar-refractivity contribution in [3.05, 3.63) is 90.0 Å². The van der Waals surface area contributed by atoms with Crippen molar-refractivity contribution in [1.82, 2.24) is 15.0 Å². The second kappa shape index (κ2) is 9.44. The van der Waals surface area contributed by atoms with Crippen LogP contribution < -0.4 is 15.4 Å². The smallest absolute Gasteiger partial charge is 0.270 e. The molecule has 0 unspecified atom stereocenters. The van der Waals surface area contributed by atoms with Crippen LogP contribution in [0.2, 0.25) is 0 Å². The van der Waals surface area contributed by atoms with Crippen LogP contribution in [0.5, 0.6) is 0 Å². The lowest BCUT2D eigenvalue weighted by atomic mass is 9.50. The molecule has 36 heavy (non-hydrogen) atoms. The first kappa shape index (κ1) is 24.1. The van der Waals surface area contributed by atoms with Crippen molar-refractivity contribution >= 4 is 27.5 Å². The molecule has 2 amide bonds. The van der Waals surface area contributed by atoms with Gasteiger partial charge in [0.05, 0.1) is 11.1 Å². The fourth-order valence-electron chi connectivity index (χ4n) is 4.70. The molecule has 3 aliphatic rings. The number of nitrogens with zero attached hydrogens (tertiary/aromatic N) is 1. The summed E-state index contributed by atoms with van der Waals surface area (Å²) in [6.45, 7) is 0. The lowest BCUT2D eigenvalue weighted by Gasteiger charge is -2.61. The van der Waals surface area contributed by atoms with Gasteiger partial charge in [0.15, 0.2) is 0 Å². The van der Waals surface area contributed by atoms with Gasteiger partial charge < -0.3 is 10.6 Å². The third-order valence-corrected chi connectivity index (χ3v) is 8.28. The maximum Gasteiger partial charge on any atom is 0.270 e. The molecule has 0 aliphatic heterocycles. The van der Waals surface area contributed by atoms with Crippen molar-refractivity contribution in [3.63, 3.8) is 0 Å². The largest absolute Gasteiger partial charge is 0.339 e. The second-order valence-corrected chi connectivity index (χ2v) is 11.1. The van der Waals surface area contributed by atoms with Crippen LogP contribution in [0.3, 0.4) is 0 Å². The minimum Gasteiger partial charge on any atom is -0.339 e. The molecule has 3 aromatic rings. The highest BCUT2D eigenvalue weighted by molar-refractivity contribution is 7.89. The number of halogens is 1. The minimum absolute atomic E-state index is 0.0203. The van der Waals surface area contributed by atoms with E-state index in [-0.39, 0.29) is 22.5 Å². The van der Waals surface area contributed by atoms with Crippen LogP contribution in [-0.4, -0.2) is 36.8 Å². The summed E-state index contributed by atoms with van der Waals surface area (Å²) < 4.78 is 41.4. The molecule has 1 heterocycles. The maximum atomic E-state index is 13.2. The zero-order chi connectivity index (χ0) is 25.3. The number of rotatable bonds is 9. The van der Waals surface area contributed by atoms with Gasteiger partial charge in [0.25, 0.3) is 5.91 Å². The quantitative estimate of drug-likeness (QED) is 0.411. The molecular weight excluding hydrogens is 483 g/mol. The topological polar surface area (TPSA) is 117 Å². The SMILES string of the molecule is O=C(N[C@@H](Cc1ccccc1)C(=O)Nc1ccc(S(=O)(=O)NC23CC(C2)C3)cc1)c1ccc(F)cn1. The van der Waals surface area contributed by atoms with E-state index < -0.39 is 33.7 Å². The molecule has 0 spiro atoms. The number of anilines is 1. The summed E-state index contributed by atoms with van der Waals surface area (Å²) in [6, 6.07) is 16.5. The molecule has 1 aromatic heterocycles. The second-order valence-electron chi connectivity index (χ2n) is 9.46. The molecule has 8 nitrogen and oxygen atoms in total. The summed E-state index contributed by atoms with van der Waals surface area (Å²) in [6.07, 6.45) is 3.81. The molecule has 2 aromatic carbocycles. The van der Waals surface area contributed by atoms with Gasteiger partial charge >= 0.3 is 0 Å². The molecular formula is C26H25FN4O4S. The zero-order valence-corrected chi connectivity index (χ0v) is 20.1. The van der Waals surface area contributed by atoms with Crippen LogP contribution in [0, 0.1) is 11.7 Å². The van der Waals surface area contributed by atoms with Crippen molar-refractivity contribution < 1.29 is 22.4 Å². The number of amides is 2. The molecule has 6 rings (SSSR count). The molecule has 1 atom stereocenters. The standard InChI is InChI=1S/C26H25FN4O4S/c27-19-6-11-22(28-16-19)24(32)30-23(12-17-4-2-1-3-5-17)25(33)29-20-7-9-21(10-8-20)36(34,35)31-26-13-18(14-26)15-26/h1-11,16,18,23,31H,12-15H2,(H,29,33)(H,30,32)/t18?,23-,26?/m0/s1. The highest BCUT2D eigenvalue weighted by Gasteiger charge is 2.58. The monoisotopic (exact) mass is 508 g/mol. The van der Waals surface area contributed by atoms with Crippen molar-refractivity contribution in [2.75, 3.05) is 5.32 Å². The highest BCUT2D eigenvalue weighted by atomic mass is 32.2. The number of sulfonamides is 1. The number of benzene rings is 2. The van der Waals surface area contributed by atoms with Crippen LogP contribution in [0.25, 0.3) is 0 Å². The van der Waals surface area contributed by atoms with Crippen LogP contribution in [0.4, 0.5) is 10.1 Å². The Morgan fingerprint density at radius 2 is 1.69 bits per heavy atom. The van der Waals surface area contributed by atoms with Crippen molar-refractivity contribution in [3.8, 4) is 0 Å². The number of carbonyl (C=O) groups is 2. The van der Waals surface area contributed by atoms with E-state index in [0.29, 0.717) is 11.6 Å². The Labute approximate surface area is 208 Å². The molecule has 3 aliphatic carbocycles. The molecule has 0 saturated heterocycles. The van der Waals surface area contributed by atoms with E-state index in [2.05, 4.69) is 20.3 Å². The number of carbonyl (C=O) groups excluding carboxylic acids is 2. The van der Waals surface area contributed by atoms with Gasteiger partial charge in [-0.1, -0.05) is 30.3 Å². The van der Waals surface area contributed by atoms with Crippen molar-refractivity contribution in [2.24, 2.45) is 5.92 Å². The fraction of sp³-hybridized carbons (Fsp3) is 0.269. The number of nitrogens with one attached hydrogen (secondary N) is 3. The van der Waals surface area contributed by atoms with Gasteiger partial charge in [-0.05, 0) is 67.1 Å². The van der Waals surface area contributed by atoms with E-state index in [1.54, 1.807) is 0 Å². The number of pyridine rings is 1. The van der Waals surface area contributed by atoms with Crippen molar-refractivity contribution in [2.45, 2.75) is 42.2 Å². The number of hydrogen-bond acceptors (Lipinski definition) is 5. The Morgan fingerprint density at radius 1 is 1.00 bits per heavy atom. The molecule has 186 valence electrons. The van der Waals surface area contributed by atoms with Gasteiger partial charge in [0.2, 0.25) is 15.9 Å². The van der Waals surface area contributed by atoms with E-state index in [1.807, 2.05) is 30.3 Å². The van der Waals surface area contributed by atoms with Gasteiger partial charge in [-0.3, -0.25) is 9.59 Å². The number of aromatic nitrogens is 1. The summed E-state index contributed by atoms with van der Waals surface area (Å²) in [4.78, 5) is 29.7. The summed E-state index contributed by atoms with van der Waals surface area (Å²) in [5, 5.41) is 5.39. The highest BCUT2D eigenvalue weighted by Crippen LogP contribution is 2.57. The van der Waals surface area contributed by atoms with E-state index in [4.69, 9.17) is 0 Å².